The van der Waals surface area contributed by atoms with Crippen LogP contribution in [0.1, 0.15) is 42.8 Å². The van der Waals surface area contributed by atoms with Crippen molar-refractivity contribution in [3.8, 4) is 11.5 Å². The van der Waals surface area contributed by atoms with Gasteiger partial charge in [-0.25, -0.2) is 9.97 Å². The minimum Gasteiger partial charge on any atom is -0.497 e. The van der Waals surface area contributed by atoms with Gasteiger partial charge in [0.2, 0.25) is 0 Å². The number of carbonyl (C=O) groups is 1. The zero-order chi connectivity index (χ0) is 20.2. The first kappa shape index (κ1) is 19.6. The molecule has 1 saturated heterocycles. The predicted molar refractivity (Wildman–Crippen MR) is 109 cm³/mol. The maximum Gasteiger partial charge on any atom is 0.263 e. The van der Waals surface area contributed by atoms with E-state index in [1.165, 1.54) is 5.56 Å². The SMILES string of the molecule is COc1cccc(O[C@H](C)C(=O)N2CCC[C@H](c3ncc4c(n3)CCNC4)C2)c1. The number of benzene rings is 1. The molecular weight excluding hydrogens is 368 g/mol. The first-order valence-corrected chi connectivity index (χ1v) is 10.3. The van der Waals surface area contributed by atoms with Crippen LogP contribution < -0.4 is 14.8 Å². The number of aromatic nitrogens is 2. The molecule has 0 radical (unpaired) electrons. The number of hydrogen-bond donors (Lipinski definition) is 1. The van der Waals surface area contributed by atoms with Crippen LogP contribution in [0, 0.1) is 0 Å². The van der Waals surface area contributed by atoms with Gasteiger partial charge in [-0.2, -0.15) is 0 Å². The largest absolute Gasteiger partial charge is 0.497 e. The molecule has 0 spiro atoms. The molecule has 1 fully saturated rings. The fourth-order valence-corrected chi connectivity index (χ4v) is 4.02. The van der Waals surface area contributed by atoms with Gasteiger partial charge in [-0.05, 0) is 31.9 Å². The highest BCUT2D eigenvalue weighted by Gasteiger charge is 2.30. The molecule has 0 unspecified atom stereocenters. The lowest BCUT2D eigenvalue weighted by atomic mass is 9.96. The van der Waals surface area contributed by atoms with Crippen molar-refractivity contribution in [2.24, 2.45) is 0 Å². The predicted octanol–water partition coefficient (Wildman–Crippen LogP) is 2.30. The van der Waals surface area contributed by atoms with Crippen LogP contribution in [0.15, 0.2) is 30.5 Å². The van der Waals surface area contributed by atoms with Gasteiger partial charge >= 0.3 is 0 Å². The summed E-state index contributed by atoms with van der Waals surface area (Å²) in [4.78, 5) is 24.3. The molecule has 7 nitrogen and oxygen atoms in total. The Hall–Kier alpha value is -2.67. The van der Waals surface area contributed by atoms with Gasteiger partial charge in [0.05, 0.1) is 7.11 Å². The van der Waals surface area contributed by atoms with E-state index in [-0.39, 0.29) is 11.8 Å². The van der Waals surface area contributed by atoms with E-state index in [9.17, 15) is 4.79 Å². The maximum atomic E-state index is 13.0. The zero-order valence-electron chi connectivity index (χ0n) is 17.1. The Morgan fingerprint density at radius 3 is 3.07 bits per heavy atom. The number of methoxy groups -OCH3 is 1. The Labute approximate surface area is 171 Å². The number of ether oxygens (including phenoxy) is 2. The number of likely N-dealkylation sites (tertiary alicyclic amines) is 1. The number of rotatable bonds is 5. The van der Waals surface area contributed by atoms with Crippen LogP contribution in [0.5, 0.6) is 11.5 Å². The molecule has 7 heteroatoms. The first-order valence-electron chi connectivity index (χ1n) is 10.3. The van der Waals surface area contributed by atoms with Gasteiger partial charge in [0.1, 0.15) is 17.3 Å². The quantitative estimate of drug-likeness (QED) is 0.836. The van der Waals surface area contributed by atoms with Crippen LogP contribution in [0.25, 0.3) is 0 Å². The van der Waals surface area contributed by atoms with Crippen molar-refractivity contribution in [3.63, 3.8) is 0 Å². The van der Waals surface area contributed by atoms with E-state index < -0.39 is 6.10 Å². The number of carbonyl (C=O) groups excluding carboxylic acids is 1. The normalized spacial score (nSPS) is 19.9. The molecule has 3 heterocycles. The van der Waals surface area contributed by atoms with E-state index in [0.29, 0.717) is 18.0 Å². The van der Waals surface area contributed by atoms with Crippen LogP contribution in [0.2, 0.25) is 0 Å². The molecule has 2 atom stereocenters. The summed E-state index contributed by atoms with van der Waals surface area (Å²) in [5.41, 5.74) is 2.33. The third-order valence-electron chi connectivity index (χ3n) is 5.63. The molecule has 1 aromatic heterocycles. The van der Waals surface area contributed by atoms with Crippen molar-refractivity contribution in [1.29, 1.82) is 0 Å². The standard InChI is InChI=1S/C22H28N4O3/c1-15(29-19-7-3-6-18(11-19)28-2)22(27)26-10-4-5-16(14-26)21-24-13-17-12-23-9-8-20(17)25-21/h3,6-7,11,13,15-16,23H,4-5,8-10,12,14H2,1-2H3/t15-,16+/m1/s1. The molecule has 2 aliphatic heterocycles. The Bertz CT molecular complexity index is 873. The Kier molecular flexibility index (Phi) is 5.94. The molecule has 1 N–H and O–H groups in total. The number of nitrogens with one attached hydrogen (secondary N) is 1. The van der Waals surface area contributed by atoms with Crippen molar-refractivity contribution < 1.29 is 14.3 Å². The summed E-state index contributed by atoms with van der Waals surface area (Å²) in [7, 11) is 1.61. The Morgan fingerprint density at radius 2 is 2.21 bits per heavy atom. The average molecular weight is 396 g/mol. The molecular formula is C22H28N4O3. The van der Waals surface area contributed by atoms with Crippen LogP contribution in [-0.2, 0) is 17.8 Å². The van der Waals surface area contributed by atoms with E-state index in [2.05, 4.69) is 10.3 Å². The second kappa shape index (κ2) is 8.78. The number of piperidine rings is 1. The van der Waals surface area contributed by atoms with Gasteiger partial charge in [0.25, 0.3) is 5.91 Å². The summed E-state index contributed by atoms with van der Waals surface area (Å²) in [6, 6.07) is 7.33. The average Bonchev–Trinajstić information content (AvgIpc) is 2.78. The highest BCUT2D eigenvalue weighted by atomic mass is 16.5. The first-order chi connectivity index (χ1) is 14.1. The number of hydrogen-bond acceptors (Lipinski definition) is 6. The van der Waals surface area contributed by atoms with Crippen LogP contribution in [0.4, 0.5) is 0 Å². The lowest BCUT2D eigenvalue weighted by Crippen LogP contribution is -2.45. The summed E-state index contributed by atoms with van der Waals surface area (Å²) < 4.78 is 11.1. The van der Waals surface area contributed by atoms with E-state index in [1.807, 2.05) is 29.3 Å². The molecule has 0 bridgehead atoms. The zero-order valence-corrected chi connectivity index (χ0v) is 17.1. The summed E-state index contributed by atoms with van der Waals surface area (Å²) in [5, 5.41) is 3.35. The van der Waals surface area contributed by atoms with Crippen LogP contribution in [0.3, 0.4) is 0 Å². The molecule has 0 aliphatic carbocycles. The van der Waals surface area contributed by atoms with Crippen LogP contribution in [-0.4, -0.2) is 53.6 Å². The van der Waals surface area contributed by atoms with Crippen molar-refractivity contribution in [2.75, 3.05) is 26.7 Å². The van der Waals surface area contributed by atoms with Crippen molar-refractivity contribution >= 4 is 5.91 Å². The fraction of sp³-hybridized carbons (Fsp3) is 0.500. The number of nitrogens with zero attached hydrogens (tertiary/aromatic N) is 3. The third kappa shape index (κ3) is 4.50. The molecule has 1 aromatic carbocycles. The fourth-order valence-electron chi connectivity index (χ4n) is 4.02. The van der Waals surface area contributed by atoms with E-state index in [1.54, 1.807) is 20.1 Å². The number of fused-ring (bicyclic) bond motifs is 1. The smallest absolute Gasteiger partial charge is 0.263 e. The Morgan fingerprint density at radius 1 is 1.34 bits per heavy atom. The minimum atomic E-state index is -0.559. The highest BCUT2D eigenvalue weighted by molar-refractivity contribution is 5.81. The molecule has 1 amide bonds. The second-order valence-electron chi connectivity index (χ2n) is 7.69. The summed E-state index contributed by atoms with van der Waals surface area (Å²) >= 11 is 0. The summed E-state index contributed by atoms with van der Waals surface area (Å²) in [6.07, 6.45) is 4.28. The lowest BCUT2D eigenvalue weighted by Gasteiger charge is -2.34. The van der Waals surface area contributed by atoms with Gasteiger partial charge in [0, 0.05) is 62.0 Å². The van der Waals surface area contributed by atoms with E-state index in [4.69, 9.17) is 14.5 Å². The molecule has 2 aromatic rings. The molecule has 2 aliphatic rings. The lowest BCUT2D eigenvalue weighted by molar-refractivity contribution is -0.139. The minimum absolute atomic E-state index is 0.000296. The highest BCUT2D eigenvalue weighted by Crippen LogP contribution is 2.27. The van der Waals surface area contributed by atoms with E-state index >= 15 is 0 Å². The second-order valence-corrected chi connectivity index (χ2v) is 7.69. The molecule has 29 heavy (non-hydrogen) atoms. The van der Waals surface area contributed by atoms with Crippen molar-refractivity contribution in [3.05, 3.63) is 47.5 Å². The van der Waals surface area contributed by atoms with Gasteiger partial charge < -0.3 is 19.7 Å². The van der Waals surface area contributed by atoms with Gasteiger partial charge in [-0.3, -0.25) is 4.79 Å². The van der Waals surface area contributed by atoms with Gasteiger partial charge in [-0.15, -0.1) is 0 Å². The van der Waals surface area contributed by atoms with Gasteiger partial charge in [-0.1, -0.05) is 6.07 Å². The summed E-state index contributed by atoms with van der Waals surface area (Å²) in [5.74, 6) is 2.38. The molecule has 154 valence electrons. The third-order valence-corrected chi connectivity index (χ3v) is 5.63. The Balaban J connectivity index is 1.41. The van der Waals surface area contributed by atoms with Crippen molar-refractivity contribution in [1.82, 2.24) is 20.2 Å². The monoisotopic (exact) mass is 396 g/mol. The van der Waals surface area contributed by atoms with Crippen LogP contribution >= 0.6 is 0 Å². The maximum absolute atomic E-state index is 13.0. The van der Waals surface area contributed by atoms with Gasteiger partial charge in [0.15, 0.2) is 6.10 Å². The summed E-state index contributed by atoms with van der Waals surface area (Å²) in [6.45, 7) is 4.98. The van der Waals surface area contributed by atoms with Crippen molar-refractivity contribution in [2.45, 2.75) is 44.8 Å². The molecule has 4 rings (SSSR count). The topological polar surface area (TPSA) is 76.6 Å². The molecule has 0 saturated carbocycles. The number of amides is 1. The van der Waals surface area contributed by atoms with E-state index in [0.717, 1.165) is 50.4 Å².